The Balaban J connectivity index is 0.00000400. The van der Waals surface area contributed by atoms with E-state index in [-0.39, 0.29) is 24.0 Å². The first-order valence-corrected chi connectivity index (χ1v) is 8.35. The lowest BCUT2D eigenvalue weighted by Gasteiger charge is -2.14. The zero-order valence-corrected chi connectivity index (χ0v) is 16.2. The predicted octanol–water partition coefficient (Wildman–Crippen LogP) is 3.12. The van der Waals surface area contributed by atoms with Gasteiger partial charge in [-0.2, -0.15) is 11.8 Å². The highest BCUT2D eigenvalue weighted by Crippen LogP contribution is 2.17. The van der Waals surface area contributed by atoms with Gasteiger partial charge in [0.15, 0.2) is 5.96 Å². The molecule has 1 aromatic rings. The Bertz CT molecular complexity index is 416. The standard InChI is InChI=1S/C15H25N3OS.HI/c1-4-19-14-9-6-5-8-13(14)12-18-15(16-2)17-10-7-11-20-3;/h5-6,8-9H,4,7,10-12H2,1-3H3,(H2,16,17,18);1H. The molecule has 0 aliphatic heterocycles. The number of nitrogens with one attached hydrogen (secondary N) is 2. The molecular formula is C15H26IN3OS. The minimum absolute atomic E-state index is 0. The quantitative estimate of drug-likeness (QED) is 0.292. The van der Waals surface area contributed by atoms with Gasteiger partial charge in [-0.05, 0) is 31.4 Å². The molecule has 0 aromatic heterocycles. The van der Waals surface area contributed by atoms with Crippen molar-refractivity contribution in [2.24, 2.45) is 4.99 Å². The molecule has 0 saturated heterocycles. The molecule has 0 saturated carbocycles. The van der Waals surface area contributed by atoms with Crippen LogP contribution in [0.15, 0.2) is 29.3 Å². The molecule has 0 unspecified atom stereocenters. The van der Waals surface area contributed by atoms with E-state index < -0.39 is 0 Å². The number of hydrogen-bond acceptors (Lipinski definition) is 3. The fraction of sp³-hybridized carbons (Fsp3) is 0.533. The number of halogens is 1. The molecule has 0 bridgehead atoms. The smallest absolute Gasteiger partial charge is 0.191 e. The normalized spacial score (nSPS) is 10.7. The summed E-state index contributed by atoms with van der Waals surface area (Å²) in [7, 11) is 1.79. The second-order valence-electron chi connectivity index (χ2n) is 4.24. The van der Waals surface area contributed by atoms with Crippen LogP contribution in [0.5, 0.6) is 5.75 Å². The highest BCUT2D eigenvalue weighted by Gasteiger charge is 2.03. The van der Waals surface area contributed by atoms with Gasteiger partial charge in [0.1, 0.15) is 5.75 Å². The minimum Gasteiger partial charge on any atom is -0.494 e. The summed E-state index contributed by atoms with van der Waals surface area (Å²) < 4.78 is 5.61. The lowest BCUT2D eigenvalue weighted by atomic mass is 10.2. The molecule has 120 valence electrons. The van der Waals surface area contributed by atoms with Crippen LogP contribution in [-0.4, -0.2) is 38.2 Å². The Morgan fingerprint density at radius 1 is 1.29 bits per heavy atom. The highest BCUT2D eigenvalue weighted by atomic mass is 127. The Kier molecular flexibility index (Phi) is 12.7. The van der Waals surface area contributed by atoms with Crippen LogP contribution < -0.4 is 15.4 Å². The summed E-state index contributed by atoms with van der Waals surface area (Å²) in [6.45, 7) is 4.32. The van der Waals surface area contributed by atoms with Crippen molar-refractivity contribution in [1.82, 2.24) is 10.6 Å². The number of para-hydroxylation sites is 1. The van der Waals surface area contributed by atoms with Crippen LogP contribution in [0.4, 0.5) is 0 Å². The second-order valence-corrected chi connectivity index (χ2v) is 5.23. The van der Waals surface area contributed by atoms with Gasteiger partial charge < -0.3 is 15.4 Å². The summed E-state index contributed by atoms with van der Waals surface area (Å²) >= 11 is 1.86. The number of ether oxygens (including phenoxy) is 1. The fourth-order valence-electron chi connectivity index (χ4n) is 1.77. The van der Waals surface area contributed by atoms with E-state index in [1.807, 2.05) is 36.9 Å². The van der Waals surface area contributed by atoms with Crippen molar-refractivity contribution in [2.75, 3.05) is 32.2 Å². The molecular weight excluding hydrogens is 397 g/mol. The van der Waals surface area contributed by atoms with Gasteiger partial charge in [0, 0.05) is 25.7 Å². The van der Waals surface area contributed by atoms with E-state index in [1.165, 1.54) is 0 Å². The number of guanidine groups is 1. The van der Waals surface area contributed by atoms with Gasteiger partial charge in [0.05, 0.1) is 6.61 Å². The van der Waals surface area contributed by atoms with Crippen LogP contribution in [0.1, 0.15) is 18.9 Å². The van der Waals surface area contributed by atoms with Gasteiger partial charge in [0.2, 0.25) is 0 Å². The van der Waals surface area contributed by atoms with Crippen molar-refractivity contribution in [2.45, 2.75) is 19.9 Å². The van der Waals surface area contributed by atoms with E-state index in [1.54, 1.807) is 7.05 Å². The summed E-state index contributed by atoms with van der Waals surface area (Å²) in [5, 5.41) is 6.62. The largest absolute Gasteiger partial charge is 0.494 e. The van der Waals surface area contributed by atoms with Crippen LogP contribution in [0.25, 0.3) is 0 Å². The lowest BCUT2D eigenvalue weighted by molar-refractivity contribution is 0.336. The average Bonchev–Trinajstić information content (AvgIpc) is 2.48. The topological polar surface area (TPSA) is 45.6 Å². The van der Waals surface area contributed by atoms with Crippen LogP contribution in [0.3, 0.4) is 0 Å². The number of thioether (sulfide) groups is 1. The maximum Gasteiger partial charge on any atom is 0.191 e. The molecule has 21 heavy (non-hydrogen) atoms. The summed E-state index contributed by atoms with van der Waals surface area (Å²) in [6.07, 6.45) is 3.26. The Morgan fingerprint density at radius 3 is 2.71 bits per heavy atom. The zero-order valence-electron chi connectivity index (χ0n) is 13.0. The van der Waals surface area contributed by atoms with E-state index in [2.05, 4.69) is 27.9 Å². The Morgan fingerprint density at radius 2 is 2.05 bits per heavy atom. The van der Waals surface area contributed by atoms with E-state index in [0.29, 0.717) is 13.2 Å². The van der Waals surface area contributed by atoms with E-state index in [0.717, 1.165) is 36.0 Å². The van der Waals surface area contributed by atoms with Crippen molar-refractivity contribution < 1.29 is 4.74 Å². The molecule has 1 rings (SSSR count). The first-order chi connectivity index (χ1) is 9.81. The average molecular weight is 423 g/mol. The SMILES string of the molecule is CCOc1ccccc1CNC(=NC)NCCCSC.I. The van der Waals surface area contributed by atoms with Crippen molar-refractivity contribution in [3.63, 3.8) is 0 Å². The lowest BCUT2D eigenvalue weighted by Crippen LogP contribution is -2.37. The van der Waals surface area contributed by atoms with E-state index in [9.17, 15) is 0 Å². The fourth-order valence-corrected chi connectivity index (χ4v) is 2.20. The first-order valence-electron chi connectivity index (χ1n) is 6.96. The molecule has 0 heterocycles. The third kappa shape index (κ3) is 8.40. The van der Waals surface area contributed by atoms with Crippen molar-refractivity contribution in [3.8, 4) is 5.75 Å². The van der Waals surface area contributed by atoms with Crippen molar-refractivity contribution in [1.29, 1.82) is 0 Å². The molecule has 1 aromatic carbocycles. The molecule has 6 heteroatoms. The van der Waals surface area contributed by atoms with E-state index in [4.69, 9.17) is 4.74 Å². The number of rotatable bonds is 8. The maximum absolute atomic E-state index is 5.61. The van der Waals surface area contributed by atoms with Gasteiger partial charge in [-0.25, -0.2) is 0 Å². The third-order valence-corrected chi connectivity index (χ3v) is 3.46. The molecule has 4 nitrogen and oxygen atoms in total. The molecule has 0 aliphatic rings. The first kappa shape index (κ1) is 20.4. The Labute approximate surface area is 149 Å². The number of nitrogens with zero attached hydrogens (tertiary/aromatic N) is 1. The summed E-state index contributed by atoms with van der Waals surface area (Å²) in [5.41, 5.74) is 1.14. The summed E-state index contributed by atoms with van der Waals surface area (Å²) in [6, 6.07) is 8.08. The molecule has 0 spiro atoms. The second kappa shape index (κ2) is 13.1. The zero-order chi connectivity index (χ0) is 14.6. The summed E-state index contributed by atoms with van der Waals surface area (Å²) in [4.78, 5) is 4.22. The van der Waals surface area contributed by atoms with Crippen LogP contribution >= 0.6 is 35.7 Å². The summed E-state index contributed by atoms with van der Waals surface area (Å²) in [5.74, 6) is 2.93. The minimum atomic E-state index is 0. The molecule has 0 atom stereocenters. The van der Waals surface area contributed by atoms with Crippen LogP contribution in [0.2, 0.25) is 0 Å². The number of benzene rings is 1. The predicted molar refractivity (Wildman–Crippen MR) is 104 cm³/mol. The Hall–Kier alpha value is -0.630. The van der Waals surface area contributed by atoms with Gasteiger partial charge >= 0.3 is 0 Å². The molecule has 0 radical (unpaired) electrons. The molecule has 0 amide bonds. The molecule has 0 aliphatic carbocycles. The van der Waals surface area contributed by atoms with Crippen LogP contribution in [-0.2, 0) is 6.54 Å². The van der Waals surface area contributed by atoms with E-state index >= 15 is 0 Å². The molecule has 2 N–H and O–H groups in total. The van der Waals surface area contributed by atoms with Gasteiger partial charge in [-0.3, -0.25) is 4.99 Å². The maximum atomic E-state index is 5.61. The van der Waals surface area contributed by atoms with Gasteiger partial charge in [0.25, 0.3) is 0 Å². The monoisotopic (exact) mass is 423 g/mol. The molecule has 0 fully saturated rings. The van der Waals surface area contributed by atoms with Crippen molar-refractivity contribution >= 4 is 41.7 Å². The van der Waals surface area contributed by atoms with Crippen molar-refractivity contribution in [3.05, 3.63) is 29.8 Å². The third-order valence-electron chi connectivity index (χ3n) is 2.76. The van der Waals surface area contributed by atoms with Crippen LogP contribution in [0, 0.1) is 0 Å². The number of aliphatic imine (C=N–C) groups is 1. The van der Waals surface area contributed by atoms with Gasteiger partial charge in [-0.15, -0.1) is 24.0 Å². The van der Waals surface area contributed by atoms with Gasteiger partial charge in [-0.1, -0.05) is 18.2 Å². The highest BCUT2D eigenvalue weighted by molar-refractivity contribution is 14.0. The number of hydrogen-bond donors (Lipinski definition) is 2.